The fourth-order valence-corrected chi connectivity index (χ4v) is 3.09. The molecule has 0 radical (unpaired) electrons. The summed E-state index contributed by atoms with van der Waals surface area (Å²) in [5, 5.41) is 11.2. The van der Waals surface area contributed by atoms with Crippen LogP contribution in [0.3, 0.4) is 0 Å². The Bertz CT molecular complexity index is 954. The summed E-state index contributed by atoms with van der Waals surface area (Å²) in [6.45, 7) is 10.4. The van der Waals surface area contributed by atoms with E-state index in [2.05, 4.69) is 15.6 Å². The van der Waals surface area contributed by atoms with Crippen LogP contribution >= 0.6 is 0 Å². The van der Waals surface area contributed by atoms with Gasteiger partial charge in [-0.15, -0.1) is 0 Å². The van der Waals surface area contributed by atoms with Gasteiger partial charge >= 0.3 is 0 Å². The molecule has 1 N–H and O–H groups in total. The van der Waals surface area contributed by atoms with Crippen molar-refractivity contribution < 1.29 is 14.1 Å². The monoisotopic (exact) mass is 382 g/mol. The molecule has 7 nitrogen and oxygen atoms in total. The molecule has 0 saturated carbocycles. The number of para-hydroxylation sites is 1. The van der Waals surface area contributed by atoms with E-state index in [1.807, 2.05) is 58.2 Å². The van der Waals surface area contributed by atoms with Gasteiger partial charge < -0.3 is 14.6 Å². The standard InChI is InChI=1S/C21H26N4O3/c1-13-7-6-8-14(2)20(13)27-12-18-17(5)28-24-19(18)21(26)22-16(4)11-25-10-9-15(3)23-25/h6-10,16H,11-12H2,1-5H3,(H,22,26). The molecule has 1 unspecified atom stereocenters. The van der Waals surface area contributed by atoms with Crippen molar-refractivity contribution in [3.05, 3.63) is 64.3 Å². The van der Waals surface area contributed by atoms with Crippen LogP contribution in [0, 0.1) is 27.7 Å². The molecule has 1 amide bonds. The third kappa shape index (κ3) is 4.42. The molecule has 3 rings (SSSR count). The molecule has 2 heterocycles. The minimum absolute atomic E-state index is 0.115. The largest absolute Gasteiger partial charge is 0.488 e. The zero-order valence-corrected chi connectivity index (χ0v) is 16.9. The number of ether oxygens (including phenoxy) is 1. The van der Waals surface area contributed by atoms with E-state index in [1.165, 1.54) is 0 Å². The summed E-state index contributed by atoms with van der Waals surface area (Å²) >= 11 is 0. The van der Waals surface area contributed by atoms with Crippen LogP contribution in [0.15, 0.2) is 35.0 Å². The van der Waals surface area contributed by atoms with Crippen LogP contribution < -0.4 is 10.1 Å². The highest BCUT2D eigenvalue weighted by molar-refractivity contribution is 5.93. The molecule has 1 atom stereocenters. The van der Waals surface area contributed by atoms with Crippen molar-refractivity contribution in [1.29, 1.82) is 0 Å². The molecular weight excluding hydrogens is 356 g/mol. The van der Waals surface area contributed by atoms with Gasteiger partial charge in [-0.05, 0) is 51.8 Å². The molecule has 0 fully saturated rings. The molecule has 0 bridgehead atoms. The van der Waals surface area contributed by atoms with Gasteiger partial charge in [0.25, 0.3) is 5.91 Å². The van der Waals surface area contributed by atoms with Crippen molar-refractivity contribution >= 4 is 5.91 Å². The van der Waals surface area contributed by atoms with Crippen LogP contribution in [0.2, 0.25) is 0 Å². The second kappa shape index (κ2) is 8.29. The molecule has 2 aromatic heterocycles. The third-order valence-electron chi connectivity index (χ3n) is 4.58. The van der Waals surface area contributed by atoms with Crippen molar-refractivity contribution in [3.63, 3.8) is 0 Å². The van der Waals surface area contributed by atoms with Crippen molar-refractivity contribution in [2.75, 3.05) is 0 Å². The van der Waals surface area contributed by atoms with Crippen molar-refractivity contribution in [2.24, 2.45) is 0 Å². The predicted octanol–water partition coefficient (Wildman–Crippen LogP) is 3.50. The summed E-state index contributed by atoms with van der Waals surface area (Å²) in [6.07, 6.45) is 1.89. The highest BCUT2D eigenvalue weighted by Gasteiger charge is 2.22. The van der Waals surface area contributed by atoms with Gasteiger partial charge in [0, 0.05) is 12.2 Å². The van der Waals surface area contributed by atoms with E-state index in [9.17, 15) is 4.79 Å². The van der Waals surface area contributed by atoms with Gasteiger partial charge in [-0.2, -0.15) is 5.10 Å². The second-order valence-electron chi connectivity index (χ2n) is 7.13. The Hall–Kier alpha value is -3.09. The number of hydrogen-bond acceptors (Lipinski definition) is 5. The molecule has 0 aliphatic heterocycles. The van der Waals surface area contributed by atoms with E-state index >= 15 is 0 Å². The molecule has 148 valence electrons. The number of hydrogen-bond donors (Lipinski definition) is 1. The van der Waals surface area contributed by atoms with E-state index in [0.717, 1.165) is 22.6 Å². The number of nitrogens with zero attached hydrogens (tertiary/aromatic N) is 3. The van der Waals surface area contributed by atoms with Crippen LogP contribution in [-0.4, -0.2) is 26.9 Å². The number of carbonyl (C=O) groups is 1. The van der Waals surface area contributed by atoms with Gasteiger partial charge in [0.1, 0.15) is 18.1 Å². The maximum Gasteiger partial charge on any atom is 0.274 e. The molecule has 0 aliphatic rings. The lowest BCUT2D eigenvalue weighted by atomic mass is 10.1. The van der Waals surface area contributed by atoms with E-state index in [4.69, 9.17) is 9.26 Å². The molecule has 0 saturated heterocycles. The average Bonchev–Trinajstić information content (AvgIpc) is 3.20. The Kier molecular flexibility index (Phi) is 5.82. The van der Waals surface area contributed by atoms with Crippen molar-refractivity contribution in [1.82, 2.24) is 20.3 Å². The summed E-state index contributed by atoms with van der Waals surface area (Å²) in [6, 6.07) is 7.79. The summed E-state index contributed by atoms with van der Waals surface area (Å²) < 4.78 is 13.1. The molecular formula is C21H26N4O3. The lowest BCUT2D eigenvalue weighted by molar-refractivity contribution is 0.0924. The average molecular weight is 382 g/mol. The summed E-state index contributed by atoms with van der Waals surface area (Å²) in [5.41, 5.74) is 3.94. The summed E-state index contributed by atoms with van der Waals surface area (Å²) in [7, 11) is 0. The number of benzene rings is 1. The Labute approximate surface area is 164 Å². The van der Waals surface area contributed by atoms with Crippen LogP contribution in [0.5, 0.6) is 5.75 Å². The smallest absolute Gasteiger partial charge is 0.274 e. The highest BCUT2D eigenvalue weighted by Crippen LogP contribution is 2.25. The van der Waals surface area contributed by atoms with Crippen LogP contribution in [0.1, 0.15) is 45.6 Å². The van der Waals surface area contributed by atoms with Gasteiger partial charge in [-0.25, -0.2) is 0 Å². The van der Waals surface area contributed by atoms with E-state index in [1.54, 1.807) is 11.6 Å². The zero-order valence-electron chi connectivity index (χ0n) is 16.9. The van der Waals surface area contributed by atoms with Crippen LogP contribution in [-0.2, 0) is 13.2 Å². The molecule has 3 aromatic rings. The number of rotatable bonds is 7. The maximum atomic E-state index is 12.7. The maximum absolute atomic E-state index is 12.7. The van der Waals surface area contributed by atoms with E-state index in [-0.39, 0.29) is 24.2 Å². The predicted molar refractivity (Wildman–Crippen MR) is 105 cm³/mol. The second-order valence-corrected chi connectivity index (χ2v) is 7.13. The Balaban J connectivity index is 1.68. The number of nitrogens with one attached hydrogen (secondary N) is 1. The molecule has 1 aromatic carbocycles. The Morgan fingerprint density at radius 2 is 1.93 bits per heavy atom. The van der Waals surface area contributed by atoms with Gasteiger partial charge in [0.05, 0.1) is 17.8 Å². The first-order valence-electron chi connectivity index (χ1n) is 9.30. The Morgan fingerprint density at radius 1 is 1.21 bits per heavy atom. The Morgan fingerprint density at radius 3 is 2.57 bits per heavy atom. The van der Waals surface area contributed by atoms with E-state index < -0.39 is 0 Å². The van der Waals surface area contributed by atoms with Gasteiger partial charge in [-0.1, -0.05) is 23.4 Å². The van der Waals surface area contributed by atoms with Gasteiger partial charge in [0.15, 0.2) is 5.69 Å². The molecule has 0 spiro atoms. The minimum atomic E-state index is -0.284. The molecule has 7 heteroatoms. The first-order valence-corrected chi connectivity index (χ1v) is 9.30. The van der Waals surface area contributed by atoms with Crippen molar-refractivity contribution in [2.45, 2.75) is 53.8 Å². The number of carbonyl (C=O) groups excluding carboxylic acids is 1. The number of aryl methyl sites for hydroxylation is 4. The van der Waals surface area contributed by atoms with E-state index in [0.29, 0.717) is 17.9 Å². The van der Waals surface area contributed by atoms with Gasteiger partial charge in [0.2, 0.25) is 0 Å². The zero-order chi connectivity index (χ0) is 20.3. The lowest BCUT2D eigenvalue weighted by Crippen LogP contribution is -2.36. The number of amides is 1. The highest BCUT2D eigenvalue weighted by atomic mass is 16.5. The SMILES string of the molecule is Cc1ccn(CC(C)NC(=O)c2noc(C)c2COc2c(C)cccc2C)n1. The first-order chi connectivity index (χ1) is 13.3. The van der Waals surface area contributed by atoms with Crippen molar-refractivity contribution in [3.8, 4) is 5.75 Å². The summed E-state index contributed by atoms with van der Waals surface area (Å²) in [4.78, 5) is 12.7. The van der Waals surface area contributed by atoms with Gasteiger partial charge in [-0.3, -0.25) is 9.48 Å². The lowest BCUT2D eigenvalue weighted by Gasteiger charge is -2.14. The summed E-state index contributed by atoms with van der Waals surface area (Å²) in [5.74, 6) is 1.11. The first kappa shape index (κ1) is 19.7. The third-order valence-corrected chi connectivity index (χ3v) is 4.58. The quantitative estimate of drug-likeness (QED) is 0.676. The fourth-order valence-electron chi connectivity index (χ4n) is 3.09. The molecule has 28 heavy (non-hydrogen) atoms. The molecule has 0 aliphatic carbocycles. The van der Waals surface area contributed by atoms with Crippen LogP contribution in [0.25, 0.3) is 0 Å². The minimum Gasteiger partial charge on any atom is -0.488 e. The normalized spacial score (nSPS) is 12.0. The number of aromatic nitrogens is 3. The van der Waals surface area contributed by atoms with Crippen LogP contribution in [0.4, 0.5) is 0 Å². The topological polar surface area (TPSA) is 82.2 Å². The fraction of sp³-hybridized carbons (Fsp3) is 0.381.